The van der Waals surface area contributed by atoms with Crippen LogP contribution in [-0.2, 0) is 4.79 Å². The monoisotopic (exact) mass is 416 g/mol. The van der Waals surface area contributed by atoms with Gasteiger partial charge in [-0.25, -0.2) is 5.43 Å². The van der Waals surface area contributed by atoms with Crippen molar-refractivity contribution < 1.29 is 4.79 Å². The van der Waals surface area contributed by atoms with E-state index in [-0.39, 0.29) is 5.91 Å². The van der Waals surface area contributed by atoms with Gasteiger partial charge >= 0.3 is 0 Å². The summed E-state index contributed by atoms with van der Waals surface area (Å²) >= 11 is 3.39. The highest BCUT2D eigenvalue weighted by Crippen LogP contribution is 2.15. The number of anilines is 2. The molecule has 2 aromatic carbocycles. The van der Waals surface area contributed by atoms with Crippen LogP contribution in [0.25, 0.3) is 0 Å². The minimum atomic E-state index is -0.390. The zero-order chi connectivity index (χ0) is 18.9. The van der Waals surface area contributed by atoms with Gasteiger partial charge in [-0.2, -0.15) is 5.10 Å². The van der Waals surface area contributed by atoms with Crippen molar-refractivity contribution in [3.63, 3.8) is 0 Å². The third-order valence-corrected chi connectivity index (χ3v) is 4.56. The lowest BCUT2D eigenvalue weighted by atomic mass is 10.2. The Kier molecular flexibility index (Phi) is 7.66. The standard InChI is InChI=1S/C20H25BrN4O/c1-4-25(5-2)19-12-6-16(7-13-19)14-22-24-20(26)15(3)23-18-10-8-17(21)9-11-18/h6-15,23H,4-5H2,1-3H3,(H,24,26)/b22-14-/t15-/m1/s1. The van der Waals surface area contributed by atoms with Crippen molar-refractivity contribution in [1.82, 2.24) is 5.43 Å². The van der Waals surface area contributed by atoms with Gasteiger partial charge < -0.3 is 10.2 Å². The molecule has 0 saturated carbocycles. The van der Waals surface area contributed by atoms with Crippen LogP contribution in [0.3, 0.4) is 0 Å². The Bertz CT molecular complexity index is 724. The van der Waals surface area contributed by atoms with E-state index in [2.05, 4.69) is 62.7 Å². The van der Waals surface area contributed by atoms with Gasteiger partial charge in [0.05, 0.1) is 6.21 Å². The van der Waals surface area contributed by atoms with Gasteiger partial charge in [0.15, 0.2) is 0 Å². The van der Waals surface area contributed by atoms with E-state index in [0.717, 1.165) is 28.8 Å². The molecule has 0 bridgehead atoms. The van der Waals surface area contributed by atoms with E-state index in [1.54, 1.807) is 13.1 Å². The molecule has 0 spiro atoms. The first-order chi connectivity index (χ1) is 12.5. The van der Waals surface area contributed by atoms with Crippen LogP contribution in [0.4, 0.5) is 11.4 Å². The topological polar surface area (TPSA) is 56.7 Å². The maximum Gasteiger partial charge on any atom is 0.262 e. The predicted molar refractivity (Wildman–Crippen MR) is 113 cm³/mol. The Labute approximate surface area is 163 Å². The van der Waals surface area contributed by atoms with Gasteiger partial charge in [0, 0.05) is 28.9 Å². The molecule has 1 amide bonds. The third kappa shape index (κ3) is 5.88. The number of carbonyl (C=O) groups is 1. The summed E-state index contributed by atoms with van der Waals surface area (Å²) in [5, 5.41) is 7.19. The number of hydrogen-bond acceptors (Lipinski definition) is 4. The van der Waals surface area contributed by atoms with Crippen molar-refractivity contribution in [3.05, 3.63) is 58.6 Å². The van der Waals surface area contributed by atoms with Crippen LogP contribution in [0.1, 0.15) is 26.3 Å². The summed E-state index contributed by atoms with van der Waals surface area (Å²) in [6.45, 7) is 8.02. The number of nitrogens with one attached hydrogen (secondary N) is 2. The number of amides is 1. The number of rotatable bonds is 8. The molecule has 0 aromatic heterocycles. The van der Waals surface area contributed by atoms with E-state index in [9.17, 15) is 4.79 Å². The summed E-state index contributed by atoms with van der Waals surface area (Å²) in [6.07, 6.45) is 1.65. The van der Waals surface area contributed by atoms with Gasteiger partial charge in [0.2, 0.25) is 0 Å². The van der Waals surface area contributed by atoms with Gasteiger partial charge in [0.1, 0.15) is 6.04 Å². The number of carbonyl (C=O) groups excluding carboxylic acids is 1. The second-order valence-corrected chi connectivity index (χ2v) is 6.79. The molecule has 2 rings (SSSR count). The summed E-state index contributed by atoms with van der Waals surface area (Å²) in [5.41, 5.74) is 5.58. The Morgan fingerprint density at radius 3 is 2.31 bits per heavy atom. The van der Waals surface area contributed by atoms with Crippen molar-refractivity contribution in [2.45, 2.75) is 26.8 Å². The van der Waals surface area contributed by atoms with Gasteiger partial charge in [0.25, 0.3) is 5.91 Å². The fourth-order valence-corrected chi connectivity index (χ4v) is 2.75. The van der Waals surface area contributed by atoms with Crippen molar-refractivity contribution in [2.75, 3.05) is 23.3 Å². The van der Waals surface area contributed by atoms with Gasteiger partial charge in [-0.1, -0.05) is 28.1 Å². The maximum absolute atomic E-state index is 12.1. The number of benzene rings is 2. The van der Waals surface area contributed by atoms with Crippen molar-refractivity contribution >= 4 is 39.4 Å². The van der Waals surface area contributed by atoms with Crippen molar-refractivity contribution in [2.24, 2.45) is 5.10 Å². The largest absolute Gasteiger partial charge is 0.374 e. The zero-order valence-corrected chi connectivity index (χ0v) is 17.0. The molecule has 26 heavy (non-hydrogen) atoms. The highest BCUT2D eigenvalue weighted by atomic mass is 79.9. The number of hydrogen-bond donors (Lipinski definition) is 2. The van der Waals surface area contributed by atoms with E-state index < -0.39 is 6.04 Å². The van der Waals surface area contributed by atoms with E-state index in [1.165, 1.54) is 5.69 Å². The van der Waals surface area contributed by atoms with Crippen LogP contribution < -0.4 is 15.6 Å². The van der Waals surface area contributed by atoms with Crippen molar-refractivity contribution in [3.8, 4) is 0 Å². The van der Waals surface area contributed by atoms with Gasteiger partial charge in [-0.05, 0) is 62.7 Å². The van der Waals surface area contributed by atoms with Crippen LogP contribution in [0.2, 0.25) is 0 Å². The molecular formula is C20H25BrN4O. The second-order valence-electron chi connectivity index (χ2n) is 5.87. The molecule has 6 heteroatoms. The Morgan fingerprint density at radius 1 is 1.12 bits per heavy atom. The summed E-state index contributed by atoms with van der Waals surface area (Å²) in [5.74, 6) is -0.191. The SMILES string of the molecule is CCN(CC)c1ccc(/C=N\NC(=O)[C@@H](C)Nc2ccc(Br)cc2)cc1. The van der Waals surface area contributed by atoms with E-state index in [4.69, 9.17) is 0 Å². The number of halogens is 1. The van der Waals surface area contributed by atoms with Crippen LogP contribution in [0, 0.1) is 0 Å². The molecule has 5 nitrogen and oxygen atoms in total. The smallest absolute Gasteiger partial charge is 0.262 e. The third-order valence-electron chi connectivity index (χ3n) is 4.03. The van der Waals surface area contributed by atoms with E-state index >= 15 is 0 Å². The number of nitrogens with zero attached hydrogens (tertiary/aromatic N) is 2. The molecule has 0 aliphatic carbocycles. The van der Waals surface area contributed by atoms with Crippen LogP contribution in [0.5, 0.6) is 0 Å². The average Bonchev–Trinajstić information content (AvgIpc) is 2.65. The highest BCUT2D eigenvalue weighted by Gasteiger charge is 2.11. The Morgan fingerprint density at radius 2 is 1.73 bits per heavy atom. The normalized spacial score (nSPS) is 12.0. The molecule has 0 aliphatic rings. The fraction of sp³-hybridized carbons (Fsp3) is 0.300. The summed E-state index contributed by atoms with van der Waals surface area (Å²) < 4.78 is 0.997. The molecule has 138 valence electrons. The first-order valence-corrected chi connectivity index (χ1v) is 9.52. The van der Waals surface area contributed by atoms with Crippen LogP contribution in [0.15, 0.2) is 58.1 Å². The molecule has 0 heterocycles. The first kappa shape index (κ1) is 20.0. The van der Waals surface area contributed by atoms with Crippen LogP contribution in [-0.4, -0.2) is 31.3 Å². The summed E-state index contributed by atoms with van der Waals surface area (Å²) in [6, 6.07) is 15.4. The number of hydrazone groups is 1. The van der Waals surface area contributed by atoms with E-state index in [1.807, 2.05) is 36.4 Å². The second kappa shape index (κ2) is 9.97. The minimum absolute atomic E-state index is 0.191. The van der Waals surface area contributed by atoms with Gasteiger partial charge in [-0.3, -0.25) is 4.79 Å². The summed E-state index contributed by atoms with van der Waals surface area (Å²) in [4.78, 5) is 14.4. The highest BCUT2D eigenvalue weighted by molar-refractivity contribution is 9.10. The molecule has 0 radical (unpaired) electrons. The molecule has 0 aliphatic heterocycles. The minimum Gasteiger partial charge on any atom is -0.374 e. The Hall–Kier alpha value is -2.34. The average molecular weight is 417 g/mol. The molecule has 0 unspecified atom stereocenters. The lowest BCUT2D eigenvalue weighted by Crippen LogP contribution is -2.34. The Balaban J connectivity index is 1.86. The lowest BCUT2D eigenvalue weighted by Gasteiger charge is -2.20. The lowest BCUT2D eigenvalue weighted by molar-refractivity contribution is -0.121. The predicted octanol–water partition coefficient (Wildman–Crippen LogP) is 4.25. The van der Waals surface area contributed by atoms with Gasteiger partial charge in [-0.15, -0.1) is 0 Å². The quantitative estimate of drug-likeness (QED) is 0.499. The zero-order valence-electron chi connectivity index (χ0n) is 15.4. The maximum atomic E-state index is 12.1. The molecule has 0 saturated heterocycles. The van der Waals surface area contributed by atoms with Crippen LogP contribution >= 0.6 is 15.9 Å². The molecule has 1 atom stereocenters. The van der Waals surface area contributed by atoms with E-state index in [0.29, 0.717) is 0 Å². The fourth-order valence-electron chi connectivity index (χ4n) is 2.49. The molecular weight excluding hydrogens is 392 g/mol. The van der Waals surface area contributed by atoms with Crippen molar-refractivity contribution in [1.29, 1.82) is 0 Å². The summed E-state index contributed by atoms with van der Waals surface area (Å²) in [7, 11) is 0. The molecule has 2 N–H and O–H groups in total. The molecule has 2 aromatic rings. The first-order valence-electron chi connectivity index (χ1n) is 8.73. The molecule has 0 fully saturated rings.